The standard InChI is InChI=1S/C30H28FN5O3S/c1-19-10-11-32-27(12-19)29(37)30-14-20-16-34-36(24-5-3-22(31)4-6-24)28(20)13-21(30)2-9-25(15-30)40(38,39)26-17-33-35(18-26)23-7-8-23/h3-6,10-13,16-18,23,25H,2,7-9,14-15H2,1H3/t25-,30-/m0/s1. The van der Waals surface area contributed by atoms with E-state index in [9.17, 15) is 17.6 Å². The van der Waals surface area contributed by atoms with Crippen LogP contribution in [0.2, 0.25) is 0 Å². The Hall–Kier alpha value is -3.92. The first kappa shape index (κ1) is 25.1. The molecule has 0 saturated heterocycles. The second-order valence-corrected chi connectivity index (χ2v) is 13.4. The molecule has 0 bridgehead atoms. The molecule has 0 N–H and O–H groups in total. The van der Waals surface area contributed by atoms with E-state index in [4.69, 9.17) is 0 Å². The van der Waals surface area contributed by atoms with Gasteiger partial charge in [0, 0.05) is 12.4 Å². The number of hydrogen-bond acceptors (Lipinski definition) is 6. The van der Waals surface area contributed by atoms with E-state index in [-0.39, 0.29) is 29.0 Å². The molecule has 0 amide bonds. The molecule has 4 aromatic rings. The van der Waals surface area contributed by atoms with Crippen LogP contribution >= 0.6 is 0 Å². The van der Waals surface area contributed by atoms with Gasteiger partial charge in [0.25, 0.3) is 0 Å². The zero-order chi connectivity index (χ0) is 27.6. The van der Waals surface area contributed by atoms with Crippen molar-refractivity contribution in [2.45, 2.75) is 61.6 Å². The summed E-state index contributed by atoms with van der Waals surface area (Å²) in [5, 5.41) is 8.15. The molecule has 40 heavy (non-hydrogen) atoms. The Morgan fingerprint density at radius 3 is 2.62 bits per heavy atom. The maximum absolute atomic E-state index is 14.4. The van der Waals surface area contributed by atoms with E-state index in [1.165, 1.54) is 18.3 Å². The Morgan fingerprint density at radius 1 is 1.07 bits per heavy atom. The molecular weight excluding hydrogens is 529 g/mol. The molecule has 1 aromatic carbocycles. The lowest BCUT2D eigenvalue weighted by atomic mass is 9.61. The first-order chi connectivity index (χ1) is 19.2. The number of Topliss-reactive ketones (excluding diaryl/α,β-unsaturated/α-hetero) is 1. The van der Waals surface area contributed by atoms with Gasteiger partial charge in [0.15, 0.2) is 15.6 Å². The number of fused-ring (bicyclic) bond motifs is 2. The van der Waals surface area contributed by atoms with E-state index >= 15 is 0 Å². The number of hydrogen-bond donors (Lipinski definition) is 0. The minimum absolute atomic E-state index is 0.158. The van der Waals surface area contributed by atoms with Crippen LogP contribution in [0.4, 0.5) is 4.39 Å². The Labute approximate surface area is 231 Å². The number of nitrogens with zero attached hydrogens (tertiary/aromatic N) is 5. The number of halogens is 1. The van der Waals surface area contributed by atoms with Gasteiger partial charge in [-0.3, -0.25) is 14.5 Å². The topological polar surface area (TPSA) is 99.7 Å². The van der Waals surface area contributed by atoms with Crippen LogP contribution in [0.15, 0.2) is 71.7 Å². The molecular formula is C30H28FN5O3S. The van der Waals surface area contributed by atoms with Gasteiger partial charge in [0.05, 0.1) is 40.5 Å². The molecule has 10 heteroatoms. The number of carbonyl (C=O) groups is 1. The van der Waals surface area contributed by atoms with Crippen molar-refractivity contribution in [3.05, 3.63) is 95.1 Å². The lowest BCUT2D eigenvalue weighted by Gasteiger charge is -2.43. The summed E-state index contributed by atoms with van der Waals surface area (Å²) in [4.78, 5) is 19.0. The highest BCUT2D eigenvalue weighted by molar-refractivity contribution is 7.92. The normalized spacial score (nSPS) is 22.4. The fraction of sp³-hybridized carbons (Fsp3) is 0.333. The third-order valence-electron chi connectivity index (χ3n) is 8.54. The predicted octanol–water partition coefficient (Wildman–Crippen LogP) is 5.08. The van der Waals surface area contributed by atoms with Crippen LogP contribution in [-0.2, 0) is 16.3 Å². The molecule has 7 rings (SSSR count). The summed E-state index contributed by atoms with van der Waals surface area (Å²) in [6, 6.07) is 9.98. The molecule has 8 nitrogen and oxygen atoms in total. The molecule has 0 unspecified atom stereocenters. The monoisotopic (exact) mass is 557 g/mol. The van der Waals surface area contributed by atoms with Crippen LogP contribution < -0.4 is 0 Å². The number of aromatic nitrogens is 5. The van der Waals surface area contributed by atoms with Gasteiger partial charge in [-0.1, -0.05) is 5.57 Å². The van der Waals surface area contributed by atoms with Gasteiger partial charge >= 0.3 is 0 Å². The average molecular weight is 558 g/mol. The number of aryl methyl sites for hydroxylation is 1. The van der Waals surface area contributed by atoms with E-state index in [2.05, 4.69) is 15.2 Å². The molecule has 3 aliphatic carbocycles. The lowest BCUT2D eigenvalue weighted by molar-refractivity contribution is 0.0796. The molecule has 0 spiro atoms. The number of rotatable bonds is 6. The quantitative estimate of drug-likeness (QED) is 0.307. The predicted molar refractivity (Wildman–Crippen MR) is 146 cm³/mol. The molecule has 0 aliphatic heterocycles. The maximum Gasteiger partial charge on any atom is 0.191 e. The van der Waals surface area contributed by atoms with Crippen molar-refractivity contribution in [1.82, 2.24) is 24.5 Å². The molecule has 204 valence electrons. The van der Waals surface area contributed by atoms with Crippen molar-refractivity contribution >= 4 is 21.7 Å². The Bertz CT molecular complexity index is 1790. The molecule has 0 radical (unpaired) electrons. The zero-order valence-electron chi connectivity index (χ0n) is 22.0. The number of carbonyl (C=O) groups excluding carboxylic acids is 1. The van der Waals surface area contributed by atoms with Gasteiger partial charge in [0.1, 0.15) is 16.4 Å². The summed E-state index contributed by atoms with van der Waals surface area (Å²) in [5.74, 6) is -0.503. The van der Waals surface area contributed by atoms with Gasteiger partial charge in [0.2, 0.25) is 0 Å². The van der Waals surface area contributed by atoms with Crippen molar-refractivity contribution in [2.24, 2.45) is 5.41 Å². The van der Waals surface area contributed by atoms with E-state index in [1.54, 1.807) is 46.2 Å². The number of ketones is 1. The van der Waals surface area contributed by atoms with Gasteiger partial charge in [-0.05, 0) is 99.0 Å². The molecule has 3 aromatic heterocycles. The fourth-order valence-electron chi connectivity index (χ4n) is 6.22. The van der Waals surface area contributed by atoms with E-state index < -0.39 is 20.5 Å². The Morgan fingerprint density at radius 2 is 1.88 bits per heavy atom. The molecule has 2 fully saturated rings. The second-order valence-electron chi connectivity index (χ2n) is 11.2. The molecule has 2 saturated carbocycles. The molecule has 2 atom stereocenters. The van der Waals surface area contributed by atoms with Gasteiger partial charge in [-0.15, -0.1) is 0 Å². The van der Waals surface area contributed by atoms with Crippen LogP contribution in [0.1, 0.15) is 65.5 Å². The summed E-state index contributed by atoms with van der Waals surface area (Å²) in [5.41, 5.74) is 3.45. The average Bonchev–Trinajstić information content (AvgIpc) is 3.53. The van der Waals surface area contributed by atoms with Crippen LogP contribution in [0.3, 0.4) is 0 Å². The van der Waals surface area contributed by atoms with Gasteiger partial charge in [-0.25, -0.2) is 17.5 Å². The third kappa shape index (κ3) is 4.04. The summed E-state index contributed by atoms with van der Waals surface area (Å²) in [7, 11) is -3.72. The lowest BCUT2D eigenvalue weighted by Crippen LogP contribution is -2.45. The van der Waals surface area contributed by atoms with Crippen molar-refractivity contribution in [3.8, 4) is 5.69 Å². The van der Waals surface area contributed by atoms with Crippen molar-refractivity contribution in [1.29, 1.82) is 0 Å². The van der Waals surface area contributed by atoms with Crippen molar-refractivity contribution < 1.29 is 17.6 Å². The fourth-order valence-corrected chi connectivity index (χ4v) is 7.99. The van der Waals surface area contributed by atoms with Crippen LogP contribution in [-0.4, -0.2) is 44.0 Å². The highest BCUT2D eigenvalue weighted by atomic mass is 32.2. The van der Waals surface area contributed by atoms with E-state index in [0.29, 0.717) is 30.6 Å². The minimum Gasteiger partial charge on any atom is -0.291 e. The summed E-state index contributed by atoms with van der Waals surface area (Å²) in [6.45, 7) is 1.91. The molecule has 3 aliphatic rings. The largest absolute Gasteiger partial charge is 0.291 e. The number of pyridine rings is 1. The second kappa shape index (κ2) is 9.05. The minimum atomic E-state index is -3.72. The zero-order valence-corrected chi connectivity index (χ0v) is 22.8. The van der Waals surface area contributed by atoms with Crippen molar-refractivity contribution in [3.63, 3.8) is 0 Å². The van der Waals surface area contributed by atoms with Gasteiger partial charge < -0.3 is 0 Å². The summed E-state index contributed by atoms with van der Waals surface area (Å²) in [6.07, 6.45) is 11.8. The van der Waals surface area contributed by atoms with Crippen LogP contribution in [0, 0.1) is 18.2 Å². The Kier molecular flexibility index (Phi) is 5.68. The van der Waals surface area contributed by atoms with Crippen LogP contribution in [0.5, 0.6) is 0 Å². The number of sulfone groups is 1. The highest BCUT2D eigenvalue weighted by Gasteiger charge is 2.52. The SMILES string of the molecule is Cc1ccnc(C(=O)[C@]23Cc4cnn(-c5ccc(F)cc5)c4C=C2CC[C@H](S(=O)(=O)c2cnn(C4CC4)c2)C3)c1. The van der Waals surface area contributed by atoms with E-state index in [0.717, 1.165) is 35.2 Å². The Balaban J connectivity index is 1.31. The molecule has 3 heterocycles. The first-order valence-corrected chi connectivity index (χ1v) is 15.1. The highest BCUT2D eigenvalue weighted by Crippen LogP contribution is 2.52. The van der Waals surface area contributed by atoms with Crippen molar-refractivity contribution in [2.75, 3.05) is 0 Å². The summed E-state index contributed by atoms with van der Waals surface area (Å²) < 4.78 is 44.8. The van der Waals surface area contributed by atoms with Crippen LogP contribution in [0.25, 0.3) is 11.8 Å². The summed E-state index contributed by atoms with van der Waals surface area (Å²) >= 11 is 0. The number of allylic oxidation sites excluding steroid dienone is 1. The third-order valence-corrected chi connectivity index (χ3v) is 10.7. The number of benzene rings is 1. The van der Waals surface area contributed by atoms with Gasteiger partial charge in [-0.2, -0.15) is 10.2 Å². The van der Waals surface area contributed by atoms with E-state index in [1.807, 2.05) is 19.1 Å². The smallest absolute Gasteiger partial charge is 0.191 e. The maximum atomic E-state index is 14.4. The first-order valence-electron chi connectivity index (χ1n) is 13.5.